The maximum Gasteiger partial charge on any atom is 0.0302 e. The predicted molar refractivity (Wildman–Crippen MR) is 74.0 cm³/mol. The molecule has 0 aliphatic heterocycles. The van der Waals surface area contributed by atoms with E-state index in [9.17, 15) is 0 Å². The van der Waals surface area contributed by atoms with Gasteiger partial charge in [-0.15, -0.1) is 0 Å². The number of rotatable bonds is 7. The second-order valence-corrected chi connectivity index (χ2v) is 5.95. The lowest BCUT2D eigenvalue weighted by molar-refractivity contribution is 0.424. The molecule has 1 N–H and O–H groups in total. The van der Waals surface area contributed by atoms with Crippen molar-refractivity contribution >= 4 is 11.3 Å². The molecule has 2 unspecified atom stereocenters. The van der Waals surface area contributed by atoms with Crippen LogP contribution in [0.15, 0.2) is 16.8 Å². The van der Waals surface area contributed by atoms with Crippen LogP contribution in [0.1, 0.15) is 58.6 Å². The SMILES string of the molecule is CC(C)CCCC(C)NC(C)c1ccsc1. The zero-order chi connectivity index (χ0) is 12.0. The first-order valence-electron chi connectivity index (χ1n) is 6.37. The third-order valence-corrected chi connectivity index (χ3v) is 3.70. The number of thiophene rings is 1. The summed E-state index contributed by atoms with van der Waals surface area (Å²) in [5, 5.41) is 8.05. The molecule has 1 aromatic rings. The highest BCUT2D eigenvalue weighted by molar-refractivity contribution is 7.07. The summed E-state index contributed by atoms with van der Waals surface area (Å²) in [5.74, 6) is 0.835. The Morgan fingerprint density at radius 1 is 1.19 bits per heavy atom. The van der Waals surface area contributed by atoms with E-state index in [-0.39, 0.29) is 0 Å². The quantitative estimate of drug-likeness (QED) is 0.732. The van der Waals surface area contributed by atoms with Gasteiger partial charge in [-0.3, -0.25) is 0 Å². The summed E-state index contributed by atoms with van der Waals surface area (Å²) in [6, 6.07) is 3.32. The number of hydrogen-bond acceptors (Lipinski definition) is 2. The highest BCUT2D eigenvalue weighted by atomic mass is 32.1. The molecule has 0 aromatic carbocycles. The standard InChI is InChI=1S/C14H25NS/c1-11(2)6-5-7-12(3)15-13(4)14-8-9-16-10-14/h8-13,15H,5-7H2,1-4H3. The van der Waals surface area contributed by atoms with Crippen molar-refractivity contribution in [3.8, 4) is 0 Å². The zero-order valence-electron chi connectivity index (χ0n) is 11.0. The van der Waals surface area contributed by atoms with Crippen molar-refractivity contribution in [1.29, 1.82) is 0 Å². The van der Waals surface area contributed by atoms with Crippen LogP contribution in [0.4, 0.5) is 0 Å². The summed E-state index contributed by atoms with van der Waals surface area (Å²) in [6.45, 7) is 9.14. The van der Waals surface area contributed by atoms with Gasteiger partial charge in [0.05, 0.1) is 0 Å². The van der Waals surface area contributed by atoms with Crippen molar-refractivity contribution in [2.75, 3.05) is 0 Å². The van der Waals surface area contributed by atoms with Crippen molar-refractivity contribution in [3.05, 3.63) is 22.4 Å². The van der Waals surface area contributed by atoms with Gasteiger partial charge < -0.3 is 5.32 Å². The van der Waals surface area contributed by atoms with Crippen molar-refractivity contribution in [2.24, 2.45) is 5.92 Å². The molecule has 2 heteroatoms. The summed E-state index contributed by atoms with van der Waals surface area (Å²) >= 11 is 1.78. The van der Waals surface area contributed by atoms with Crippen LogP contribution >= 0.6 is 11.3 Å². The third-order valence-electron chi connectivity index (χ3n) is 3.00. The summed E-state index contributed by atoms with van der Waals surface area (Å²) in [4.78, 5) is 0. The molecule has 0 saturated carbocycles. The van der Waals surface area contributed by atoms with Crippen LogP contribution in [0.2, 0.25) is 0 Å². The Morgan fingerprint density at radius 2 is 1.94 bits per heavy atom. The Balaban J connectivity index is 2.21. The highest BCUT2D eigenvalue weighted by Gasteiger charge is 2.09. The molecule has 0 fully saturated rings. The molecular weight excluding hydrogens is 214 g/mol. The molecule has 1 heterocycles. The molecule has 1 nitrogen and oxygen atoms in total. The van der Waals surface area contributed by atoms with Gasteiger partial charge in [-0.1, -0.05) is 26.7 Å². The van der Waals surface area contributed by atoms with Gasteiger partial charge in [-0.05, 0) is 48.6 Å². The molecule has 16 heavy (non-hydrogen) atoms. The summed E-state index contributed by atoms with van der Waals surface area (Å²) in [6.07, 6.45) is 3.97. The highest BCUT2D eigenvalue weighted by Crippen LogP contribution is 2.17. The van der Waals surface area contributed by atoms with Crippen LogP contribution in [-0.2, 0) is 0 Å². The molecule has 1 aromatic heterocycles. The van der Waals surface area contributed by atoms with Gasteiger partial charge in [-0.2, -0.15) is 11.3 Å². The minimum absolute atomic E-state index is 0.486. The largest absolute Gasteiger partial charge is 0.308 e. The number of nitrogens with one attached hydrogen (secondary N) is 1. The molecule has 0 aliphatic rings. The lowest BCUT2D eigenvalue weighted by Gasteiger charge is -2.19. The van der Waals surface area contributed by atoms with Gasteiger partial charge in [0.15, 0.2) is 0 Å². The van der Waals surface area contributed by atoms with Crippen LogP contribution in [0.3, 0.4) is 0 Å². The van der Waals surface area contributed by atoms with E-state index in [1.807, 2.05) is 0 Å². The average molecular weight is 239 g/mol. The van der Waals surface area contributed by atoms with Crippen LogP contribution in [0.5, 0.6) is 0 Å². The molecule has 1 rings (SSSR count). The van der Waals surface area contributed by atoms with E-state index in [0.717, 1.165) is 5.92 Å². The summed E-state index contributed by atoms with van der Waals surface area (Å²) < 4.78 is 0. The van der Waals surface area contributed by atoms with Crippen LogP contribution in [0, 0.1) is 5.92 Å². The lowest BCUT2D eigenvalue weighted by Crippen LogP contribution is -2.28. The van der Waals surface area contributed by atoms with E-state index in [2.05, 4.69) is 49.8 Å². The lowest BCUT2D eigenvalue weighted by atomic mass is 10.0. The van der Waals surface area contributed by atoms with Gasteiger partial charge >= 0.3 is 0 Å². The fourth-order valence-electron chi connectivity index (χ4n) is 1.96. The Bertz CT molecular complexity index is 266. The monoisotopic (exact) mass is 239 g/mol. The minimum atomic E-state index is 0.486. The van der Waals surface area contributed by atoms with Gasteiger partial charge in [0.25, 0.3) is 0 Å². The second-order valence-electron chi connectivity index (χ2n) is 5.17. The molecule has 0 aliphatic carbocycles. The maximum atomic E-state index is 3.66. The minimum Gasteiger partial charge on any atom is -0.308 e. The van der Waals surface area contributed by atoms with Crippen molar-refractivity contribution in [2.45, 2.75) is 59.0 Å². The van der Waals surface area contributed by atoms with Crippen molar-refractivity contribution in [3.63, 3.8) is 0 Å². The van der Waals surface area contributed by atoms with E-state index < -0.39 is 0 Å². The van der Waals surface area contributed by atoms with Crippen molar-refractivity contribution in [1.82, 2.24) is 5.32 Å². The first kappa shape index (κ1) is 13.7. The smallest absolute Gasteiger partial charge is 0.0302 e. The molecule has 0 spiro atoms. The van der Waals surface area contributed by atoms with Crippen molar-refractivity contribution < 1.29 is 0 Å². The Kier molecular flexibility index (Phi) is 6.07. The Labute approximate surface area is 104 Å². The van der Waals surface area contributed by atoms with E-state index >= 15 is 0 Å². The Hall–Kier alpha value is -0.340. The zero-order valence-corrected chi connectivity index (χ0v) is 11.8. The summed E-state index contributed by atoms with van der Waals surface area (Å²) in [7, 11) is 0. The van der Waals surface area contributed by atoms with Gasteiger partial charge in [0.1, 0.15) is 0 Å². The van der Waals surface area contributed by atoms with E-state index in [4.69, 9.17) is 0 Å². The van der Waals surface area contributed by atoms with Crippen LogP contribution in [0.25, 0.3) is 0 Å². The fourth-order valence-corrected chi connectivity index (χ4v) is 2.71. The predicted octanol–water partition coefficient (Wildman–Crippen LogP) is 4.61. The van der Waals surface area contributed by atoms with E-state index in [0.29, 0.717) is 12.1 Å². The second kappa shape index (κ2) is 7.08. The maximum absolute atomic E-state index is 3.66. The average Bonchev–Trinajstić information content (AvgIpc) is 2.69. The van der Waals surface area contributed by atoms with E-state index in [1.165, 1.54) is 24.8 Å². The third kappa shape index (κ3) is 5.13. The fraction of sp³-hybridized carbons (Fsp3) is 0.714. The Morgan fingerprint density at radius 3 is 2.50 bits per heavy atom. The van der Waals surface area contributed by atoms with Crippen LogP contribution < -0.4 is 5.32 Å². The summed E-state index contributed by atoms with van der Waals surface area (Å²) in [5.41, 5.74) is 1.42. The topological polar surface area (TPSA) is 12.0 Å². The van der Waals surface area contributed by atoms with Gasteiger partial charge in [0.2, 0.25) is 0 Å². The molecule has 2 atom stereocenters. The number of hydrogen-bond donors (Lipinski definition) is 1. The van der Waals surface area contributed by atoms with Gasteiger partial charge in [0, 0.05) is 12.1 Å². The van der Waals surface area contributed by atoms with Crippen LogP contribution in [-0.4, -0.2) is 6.04 Å². The molecule has 92 valence electrons. The molecule has 0 saturated heterocycles. The first-order chi connectivity index (χ1) is 7.59. The first-order valence-corrected chi connectivity index (χ1v) is 7.32. The van der Waals surface area contributed by atoms with E-state index in [1.54, 1.807) is 11.3 Å². The molecule has 0 radical (unpaired) electrons. The molecular formula is C14H25NS. The molecule has 0 amide bonds. The van der Waals surface area contributed by atoms with Gasteiger partial charge in [-0.25, -0.2) is 0 Å². The molecule has 0 bridgehead atoms. The normalized spacial score (nSPS) is 15.3.